The summed E-state index contributed by atoms with van der Waals surface area (Å²) in [6, 6.07) is 3.71. The summed E-state index contributed by atoms with van der Waals surface area (Å²) >= 11 is 0. The third-order valence-corrected chi connectivity index (χ3v) is 3.37. The predicted octanol–water partition coefficient (Wildman–Crippen LogP) is 1.86. The quantitative estimate of drug-likeness (QED) is 0.859. The molecular formula is C14H24N2O2. The molecular weight excluding hydrogens is 228 g/mol. The first-order chi connectivity index (χ1) is 8.27. The fraction of sp³-hybridized carbons (Fsp3) is 0.643. The number of nitrogens with zero attached hydrogens (tertiary/aromatic N) is 1. The number of hydrogen-bond donors (Lipinski definition) is 2. The van der Waals surface area contributed by atoms with Crippen LogP contribution in [0.5, 0.6) is 0 Å². The summed E-state index contributed by atoms with van der Waals surface area (Å²) < 4.78 is 1.87. The van der Waals surface area contributed by atoms with Crippen LogP contribution in [-0.2, 0) is 7.05 Å². The lowest BCUT2D eigenvalue weighted by molar-refractivity contribution is 0.0876. The molecule has 2 N–H and O–H groups in total. The average Bonchev–Trinajstić information content (AvgIpc) is 2.58. The van der Waals surface area contributed by atoms with Gasteiger partial charge in [-0.05, 0) is 30.9 Å². The van der Waals surface area contributed by atoms with Crippen molar-refractivity contribution in [2.45, 2.75) is 40.2 Å². The number of aliphatic hydroxyl groups excluding tert-OH is 1. The monoisotopic (exact) mass is 252 g/mol. The van der Waals surface area contributed by atoms with Crippen molar-refractivity contribution in [2.75, 3.05) is 6.61 Å². The molecule has 0 aliphatic rings. The van der Waals surface area contributed by atoms with Gasteiger partial charge in [0.1, 0.15) is 5.69 Å². The zero-order chi connectivity index (χ0) is 13.9. The number of rotatable bonds is 4. The van der Waals surface area contributed by atoms with Gasteiger partial charge in [-0.3, -0.25) is 4.79 Å². The highest BCUT2D eigenvalue weighted by molar-refractivity contribution is 5.93. The van der Waals surface area contributed by atoms with Crippen molar-refractivity contribution in [3.05, 3.63) is 23.5 Å². The third-order valence-electron chi connectivity index (χ3n) is 3.37. The van der Waals surface area contributed by atoms with E-state index in [2.05, 4.69) is 26.1 Å². The maximum absolute atomic E-state index is 12.2. The van der Waals surface area contributed by atoms with Crippen molar-refractivity contribution in [3.8, 4) is 0 Å². The molecule has 1 unspecified atom stereocenters. The van der Waals surface area contributed by atoms with Crippen LogP contribution in [0.25, 0.3) is 0 Å². The van der Waals surface area contributed by atoms with Crippen molar-refractivity contribution >= 4 is 5.91 Å². The second-order valence-electron chi connectivity index (χ2n) is 5.82. The Hall–Kier alpha value is -1.29. The van der Waals surface area contributed by atoms with Crippen LogP contribution in [0.3, 0.4) is 0 Å². The summed E-state index contributed by atoms with van der Waals surface area (Å²) in [7, 11) is 1.88. The third kappa shape index (κ3) is 3.35. The number of aryl methyl sites for hydroxylation is 1. The van der Waals surface area contributed by atoms with Crippen LogP contribution in [0.1, 0.15) is 43.4 Å². The van der Waals surface area contributed by atoms with Crippen molar-refractivity contribution in [2.24, 2.45) is 12.5 Å². The highest BCUT2D eigenvalue weighted by Crippen LogP contribution is 2.22. The van der Waals surface area contributed by atoms with E-state index in [1.807, 2.05) is 30.7 Å². The van der Waals surface area contributed by atoms with Crippen molar-refractivity contribution in [1.29, 1.82) is 0 Å². The van der Waals surface area contributed by atoms with Crippen LogP contribution >= 0.6 is 0 Å². The summed E-state index contributed by atoms with van der Waals surface area (Å²) in [5, 5.41) is 12.1. The summed E-state index contributed by atoms with van der Waals surface area (Å²) in [6.45, 7) is 8.22. The lowest BCUT2D eigenvalue weighted by Gasteiger charge is -2.31. The van der Waals surface area contributed by atoms with E-state index in [0.717, 1.165) is 5.69 Å². The van der Waals surface area contributed by atoms with E-state index >= 15 is 0 Å². The zero-order valence-corrected chi connectivity index (χ0v) is 11.9. The molecule has 4 heteroatoms. The minimum atomic E-state index is -0.0843. The molecule has 102 valence electrons. The van der Waals surface area contributed by atoms with Crippen molar-refractivity contribution < 1.29 is 9.90 Å². The first kappa shape index (κ1) is 14.8. The molecule has 0 radical (unpaired) electrons. The highest BCUT2D eigenvalue weighted by atomic mass is 16.3. The molecule has 18 heavy (non-hydrogen) atoms. The Morgan fingerprint density at radius 3 is 2.44 bits per heavy atom. The summed E-state index contributed by atoms with van der Waals surface area (Å²) in [4.78, 5) is 12.2. The van der Waals surface area contributed by atoms with Crippen LogP contribution in [0, 0.1) is 12.3 Å². The molecule has 1 aromatic heterocycles. The van der Waals surface area contributed by atoms with E-state index in [4.69, 9.17) is 5.11 Å². The molecule has 1 atom stereocenters. The minimum Gasteiger partial charge on any atom is -0.396 e. The average molecular weight is 252 g/mol. The van der Waals surface area contributed by atoms with E-state index in [9.17, 15) is 4.79 Å². The van der Waals surface area contributed by atoms with Gasteiger partial charge in [-0.15, -0.1) is 0 Å². The van der Waals surface area contributed by atoms with Gasteiger partial charge >= 0.3 is 0 Å². The van der Waals surface area contributed by atoms with E-state index < -0.39 is 0 Å². The number of aromatic nitrogens is 1. The van der Waals surface area contributed by atoms with Gasteiger partial charge in [0.15, 0.2) is 0 Å². The van der Waals surface area contributed by atoms with E-state index in [1.165, 1.54) is 0 Å². The number of nitrogens with one attached hydrogen (secondary N) is 1. The first-order valence-electron chi connectivity index (χ1n) is 6.31. The second kappa shape index (κ2) is 5.57. The van der Waals surface area contributed by atoms with Crippen LogP contribution in [0.2, 0.25) is 0 Å². The topological polar surface area (TPSA) is 54.3 Å². The summed E-state index contributed by atoms with van der Waals surface area (Å²) in [5.74, 6) is -0.0843. The molecule has 0 bridgehead atoms. The lowest BCUT2D eigenvalue weighted by Crippen LogP contribution is -2.44. The van der Waals surface area contributed by atoms with Gasteiger partial charge in [-0.25, -0.2) is 0 Å². The highest BCUT2D eigenvalue weighted by Gasteiger charge is 2.26. The Balaban J connectivity index is 2.82. The summed E-state index contributed by atoms with van der Waals surface area (Å²) in [5.41, 5.74) is 1.63. The van der Waals surface area contributed by atoms with Gasteiger partial charge in [-0.1, -0.05) is 20.8 Å². The van der Waals surface area contributed by atoms with Crippen LogP contribution < -0.4 is 5.32 Å². The molecule has 1 amide bonds. The summed E-state index contributed by atoms with van der Waals surface area (Å²) in [6.07, 6.45) is 0.568. The van der Waals surface area contributed by atoms with Gasteiger partial charge in [-0.2, -0.15) is 0 Å². The molecule has 0 spiro atoms. The van der Waals surface area contributed by atoms with Gasteiger partial charge in [0.05, 0.1) is 0 Å². The van der Waals surface area contributed by atoms with Crippen LogP contribution in [0.15, 0.2) is 12.1 Å². The molecule has 0 aliphatic carbocycles. The van der Waals surface area contributed by atoms with E-state index in [-0.39, 0.29) is 24.0 Å². The standard InChI is InChI=1S/C14H24N2O2/c1-10-6-7-11(16(10)5)13(18)15-12(8-9-17)14(2,3)4/h6-7,12,17H,8-9H2,1-5H3,(H,15,18). The first-order valence-corrected chi connectivity index (χ1v) is 6.31. The van der Waals surface area contributed by atoms with Gasteiger partial charge in [0.2, 0.25) is 0 Å². The minimum absolute atomic E-state index is 0.0368. The van der Waals surface area contributed by atoms with Gasteiger partial charge < -0.3 is 15.0 Å². The second-order valence-corrected chi connectivity index (χ2v) is 5.82. The number of amides is 1. The normalized spacial score (nSPS) is 13.4. The van der Waals surface area contributed by atoms with Crippen LogP contribution in [0.4, 0.5) is 0 Å². The number of hydrogen-bond acceptors (Lipinski definition) is 2. The largest absolute Gasteiger partial charge is 0.396 e. The number of carbonyl (C=O) groups is 1. The Morgan fingerprint density at radius 1 is 1.44 bits per heavy atom. The Kier molecular flexibility index (Phi) is 4.57. The SMILES string of the molecule is Cc1ccc(C(=O)NC(CCO)C(C)(C)C)n1C. The van der Waals surface area contributed by atoms with Gasteiger partial charge in [0.25, 0.3) is 5.91 Å². The van der Waals surface area contributed by atoms with Crippen molar-refractivity contribution in [3.63, 3.8) is 0 Å². The molecule has 0 aliphatic heterocycles. The molecule has 0 saturated carbocycles. The molecule has 1 heterocycles. The van der Waals surface area contributed by atoms with E-state index in [1.54, 1.807) is 0 Å². The Labute approximate surface area is 109 Å². The maximum atomic E-state index is 12.2. The smallest absolute Gasteiger partial charge is 0.268 e. The van der Waals surface area contributed by atoms with Crippen LogP contribution in [-0.4, -0.2) is 28.2 Å². The molecule has 1 rings (SSSR count). The zero-order valence-electron chi connectivity index (χ0n) is 11.9. The van der Waals surface area contributed by atoms with Gasteiger partial charge in [0, 0.05) is 25.4 Å². The lowest BCUT2D eigenvalue weighted by atomic mass is 9.85. The molecule has 0 fully saturated rings. The number of carbonyl (C=O) groups excluding carboxylic acids is 1. The fourth-order valence-electron chi connectivity index (χ4n) is 1.92. The van der Waals surface area contributed by atoms with E-state index in [0.29, 0.717) is 12.1 Å². The Morgan fingerprint density at radius 2 is 2.06 bits per heavy atom. The molecule has 1 aromatic rings. The molecule has 0 aromatic carbocycles. The predicted molar refractivity (Wildman–Crippen MR) is 72.6 cm³/mol. The van der Waals surface area contributed by atoms with Crippen molar-refractivity contribution in [1.82, 2.24) is 9.88 Å². The number of aliphatic hydroxyl groups is 1. The fourth-order valence-corrected chi connectivity index (χ4v) is 1.92. The Bertz CT molecular complexity index is 416. The maximum Gasteiger partial charge on any atom is 0.268 e. The molecule has 0 saturated heterocycles. The molecule has 4 nitrogen and oxygen atoms in total.